The first kappa shape index (κ1) is 12.8. The van der Waals surface area contributed by atoms with Crippen LogP contribution in [0.5, 0.6) is 0 Å². The molecule has 86 valence electrons. The van der Waals surface area contributed by atoms with Gasteiger partial charge in [0.2, 0.25) is 5.95 Å². The van der Waals surface area contributed by atoms with Crippen molar-refractivity contribution in [2.45, 2.75) is 27.7 Å². The molecule has 0 aliphatic carbocycles. The van der Waals surface area contributed by atoms with Gasteiger partial charge in [0.05, 0.1) is 16.3 Å². The maximum atomic E-state index is 13.3. The van der Waals surface area contributed by atoms with Crippen LogP contribution in [0.2, 0.25) is 0 Å². The van der Waals surface area contributed by atoms with Crippen molar-refractivity contribution in [3.8, 4) is 11.3 Å². The average Bonchev–Trinajstić information content (AvgIpc) is 2.61. The minimum atomic E-state index is -0.457. The van der Waals surface area contributed by atoms with Gasteiger partial charge in [-0.25, -0.2) is 9.97 Å². The van der Waals surface area contributed by atoms with Gasteiger partial charge in [-0.2, -0.15) is 4.39 Å². The summed E-state index contributed by atoms with van der Waals surface area (Å²) in [5.41, 5.74) is 1.19. The summed E-state index contributed by atoms with van der Waals surface area (Å²) in [6.07, 6.45) is 1.44. The van der Waals surface area contributed by atoms with E-state index in [-0.39, 0.29) is 0 Å². The fraction of sp³-hybridized carbons (Fsp3) is 0.333. The third-order valence-corrected chi connectivity index (χ3v) is 2.80. The Hall–Kier alpha value is -1.29. The summed E-state index contributed by atoms with van der Waals surface area (Å²) in [6, 6.07) is 3.41. The second-order valence-electron chi connectivity index (χ2n) is 2.98. The van der Waals surface area contributed by atoms with Crippen LogP contribution in [0.1, 0.15) is 23.7 Å². The molecule has 0 radical (unpaired) electrons. The van der Waals surface area contributed by atoms with E-state index in [0.717, 1.165) is 9.88 Å². The maximum Gasteiger partial charge on any atom is 0.222 e. The molecule has 0 unspecified atom stereocenters. The molecule has 2 rings (SSSR count). The van der Waals surface area contributed by atoms with Crippen molar-refractivity contribution in [3.63, 3.8) is 0 Å². The largest absolute Gasteiger partial charge is 0.241 e. The van der Waals surface area contributed by atoms with E-state index in [4.69, 9.17) is 0 Å². The van der Waals surface area contributed by atoms with Crippen LogP contribution < -0.4 is 0 Å². The fourth-order valence-corrected chi connectivity index (χ4v) is 2.17. The Morgan fingerprint density at radius 3 is 2.44 bits per heavy atom. The monoisotopic (exact) mass is 238 g/mol. The van der Waals surface area contributed by atoms with Crippen molar-refractivity contribution in [2.75, 3.05) is 0 Å². The second kappa shape index (κ2) is 5.70. The van der Waals surface area contributed by atoms with Gasteiger partial charge in [-0.15, -0.1) is 11.3 Å². The van der Waals surface area contributed by atoms with Crippen molar-refractivity contribution in [1.82, 2.24) is 9.97 Å². The number of hydrogen-bond acceptors (Lipinski definition) is 3. The molecule has 0 N–H and O–H groups in total. The molecule has 0 spiro atoms. The number of aromatic nitrogens is 2. The highest BCUT2D eigenvalue weighted by atomic mass is 32.1. The van der Waals surface area contributed by atoms with Crippen LogP contribution in [0, 0.1) is 19.8 Å². The topological polar surface area (TPSA) is 25.8 Å². The van der Waals surface area contributed by atoms with Gasteiger partial charge in [0.25, 0.3) is 0 Å². The van der Waals surface area contributed by atoms with Gasteiger partial charge in [-0.05, 0) is 26.0 Å². The Morgan fingerprint density at radius 1 is 1.25 bits per heavy atom. The van der Waals surface area contributed by atoms with Gasteiger partial charge < -0.3 is 0 Å². The van der Waals surface area contributed by atoms with Crippen molar-refractivity contribution in [3.05, 3.63) is 34.2 Å². The predicted octanol–water partition coefficient (Wildman–Crippen LogP) is 3.99. The molecule has 0 saturated carbocycles. The SMILES string of the molecule is CC.Cc1nc(-c2cccnc2F)c(C)s1. The van der Waals surface area contributed by atoms with E-state index in [9.17, 15) is 4.39 Å². The number of aryl methyl sites for hydroxylation is 2. The van der Waals surface area contributed by atoms with Crippen molar-refractivity contribution >= 4 is 11.3 Å². The molecule has 0 aliphatic rings. The average molecular weight is 238 g/mol. The number of halogens is 1. The number of nitrogens with zero attached hydrogens (tertiary/aromatic N) is 2. The summed E-state index contributed by atoms with van der Waals surface area (Å²) in [5.74, 6) is -0.457. The van der Waals surface area contributed by atoms with Crippen molar-refractivity contribution in [2.24, 2.45) is 0 Å². The van der Waals surface area contributed by atoms with Gasteiger partial charge in [-0.1, -0.05) is 13.8 Å². The molecule has 16 heavy (non-hydrogen) atoms. The van der Waals surface area contributed by atoms with Gasteiger partial charge in [0.1, 0.15) is 0 Å². The molecule has 2 aromatic rings. The first-order valence-electron chi connectivity index (χ1n) is 5.23. The van der Waals surface area contributed by atoms with Crippen LogP contribution >= 0.6 is 11.3 Å². The van der Waals surface area contributed by atoms with Crippen LogP contribution in [0.3, 0.4) is 0 Å². The lowest BCUT2D eigenvalue weighted by Gasteiger charge is -1.98. The number of hydrogen-bond donors (Lipinski definition) is 0. The molecule has 4 heteroatoms. The lowest BCUT2D eigenvalue weighted by Crippen LogP contribution is -1.89. The molecular weight excluding hydrogens is 223 g/mol. The number of thiazole rings is 1. The molecule has 2 aromatic heterocycles. The van der Waals surface area contributed by atoms with E-state index in [1.807, 2.05) is 27.7 Å². The highest BCUT2D eigenvalue weighted by molar-refractivity contribution is 7.11. The Kier molecular flexibility index (Phi) is 4.55. The van der Waals surface area contributed by atoms with Crippen LogP contribution in [-0.4, -0.2) is 9.97 Å². The fourth-order valence-electron chi connectivity index (χ4n) is 1.34. The van der Waals surface area contributed by atoms with Crippen LogP contribution in [0.15, 0.2) is 18.3 Å². The molecule has 0 atom stereocenters. The Morgan fingerprint density at radius 2 is 1.94 bits per heavy atom. The second-order valence-corrected chi connectivity index (χ2v) is 4.39. The van der Waals surface area contributed by atoms with E-state index in [0.29, 0.717) is 11.3 Å². The van der Waals surface area contributed by atoms with E-state index in [1.165, 1.54) is 6.20 Å². The lowest BCUT2D eigenvalue weighted by atomic mass is 10.2. The summed E-state index contributed by atoms with van der Waals surface area (Å²) < 4.78 is 13.3. The van der Waals surface area contributed by atoms with E-state index in [2.05, 4.69) is 9.97 Å². The van der Waals surface area contributed by atoms with E-state index < -0.39 is 5.95 Å². The molecule has 0 aromatic carbocycles. The number of rotatable bonds is 1. The molecule has 2 nitrogen and oxygen atoms in total. The lowest BCUT2D eigenvalue weighted by molar-refractivity contribution is 0.587. The summed E-state index contributed by atoms with van der Waals surface area (Å²) in [4.78, 5) is 8.91. The maximum absolute atomic E-state index is 13.3. The van der Waals surface area contributed by atoms with Gasteiger partial charge >= 0.3 is 0 Å². The summed E-state index contributed by atoms with van der Waals surface area (Å²) in [7, 11) is 0. The Bertz CT molecular complexity index is 466. The molecular formula is C12H15FN2S. The van der Waals surface area contributed by atoms with Crippen LogP contribution in [0.25, 0.3) is 11.3 Å². The minimum Gasteiger partial charge on any atom is -0.241 e. The molecule has 2 heterocycles. The van der Waals surface area contributed by atoms with E-state index >= 15 is 0 Å². The van der Waals surface area contributed by atoms with E-state index in [1.54, 1.807) is 23.5 Å². The van der Waals surface area contributed by atoms with Crippen molar-refractivity contribution in [1.29, 1.82) is 0 Å². The Balaban J connectivity index is 0.000000606. The summed E-state index contributed by atoms with van der Waals surface area (Å²) in [5, 5.41) is 0.945. The summed E-state index contributed by atoms with van der Waals surface area (Å²) >= 11 is 1.57. The standard InChI is InChI=1S/C10H9FN2S.C2H6/c1-6-9(13-7(2)14-6)8-4-3-5-12-10(8)11;1-2/h3-5H,1-2H3;1-2H3. The number of pyridine rings is 1. The van der Waals surface area contributed by atoms with Crippen molar-refractivity contribution < 1.29 is 4.39 Å². The zero-order chi connectivity index (χ0) is 12.1. The highest BCUT2D eigenvalue weighted by Gasteiger charge is 2.11. The van der Waals surface area contributed by atoms with Crippen LogP contribution in [0.4, 0.5) is 4.39 Å². The third-order valence-electron chi connectivity index (χ3n) is 1.92. The van der Waals surface area contributed by atoms with Gasteiger partial charge in [0, 0.05) is 11.1 Å². The first-order valence-corrected chi connectivity index (χ1v) is 6.05. The Labute approximate surface area is 99.2 Å². The highest BCUT2D eigenvalue weighted by Crippen LogP contribution is 2.27. The molecule has 0 amide bonds. The zero-order valence-corrected chi connectivity index (χ0v) is 10.7. The van der Waals surface area contributed by atoms with Crippen LogP contribution in [-0.2, 0) is 0 Å². The predicted molar refractivity (Wildman–Crippen MR) is 66.1 cm³/mol. The molecule has 0 saturated heterocycles. The minimum absolute atomic E-state index is 0.457. The summed E-state index contributed by atoms with van der Waals surface area (Å²) in [6.45, 7) is 7.85. The molecule has 0 bridgehead atoms. The molecule has 0 aliphatic heterocycles. The zero-order valence-electron chi connectivity index (χ0n) is 9.91. The normalized spacial score (nSPS) is 9.56. The third kappa shape index (κ3) is 2.64. The quantitative estimate of drug-likeness (QED) is 0.702. The van der Waals surface area contributed by atoms with Gasteiger partial charge in [-0.3, -0.25) is 0 Å². The smallest absolute Gasteiger partial charge is 0.222 e. The first-order chi connectivity index (χ1) is 7.68. The molecule has 0 fully saturated rings. The van der Waals surface area contributed by atoms with Gasteiger partial charge in [0.15, 0.2) is 0 Å².